The average Bonchev–Trinajstić information content (AvgIpc) is 3.53. The molecule has 4 rings (SSSR count). The first-order chi connectivity index (χ1) is 15.2. The Balaban J connectivity index is 1.50. The van der Waals surface area contributed by atoms with Gasteiger partial charge in [-0.05, 0) is 54.4 Å². The molecule has 172 valence electrons. The molecule has 0 unspecified atom stereocenters. The number of nitrogens with zero attached hydrogens (tertiary/aromatic N) is 1. The fraction of sp³-hybridized carbons (Fsp3) is 0.458. The van der Waals surface area contributed by atoms with Crippen LogP contribution >= 0.6 is 0 Å². The summed E-state index contributed by atoms with van der Waals surface area (Å²) in [5.41, 5.74) is 1.22. The lowest BCUT2D eigenvalue weighted by Crippen LogP contribution is -2.39. The largest absolute Gasteiger partial charge is 0.342 e. The standard InChI is InChI=1S/C24H28F2N2O3S/c1-15-10-12-28(13-11-22(15)27-32(2,30)31)24(29)19-14-18(19)16-6-3-4-7-17(16)23-20(25)8-5-9-21(23)26/h3-9,15,18-19,22,27H,10-14H2,1-2H3/t15-,18+,19-,22+/m1/s1. The molecule has 1 N–H and O–H groups in total. The van der Waals surface area contributed by atoms with Crippen LogP contribution in [0.25, 0.3) is 11.1 Å². The summed E-state index contributed by atoms with van der Waals surface area (Å²) in [5.74, 6) is -1.38. The molecule has 4 atom stereocenters. The van der Waals surface area contributed by atoms with Gasteiger partial charge < -0.3 is 4.90 Å². The third-order valence-corrected chi connectivity index (χ3v) is 7.36. The maximum atomic E-state index is 14.4. The lowest BCUT2D eigenvalue weighted by atomic mass is 9.95. The van der Waals surface area contributed by atoms with E-state index < -0.39 is 21.7 Å². The van der Waals surface area contributed by atoms with Gasteiger partial charge >= 0.3 is 0 Å². The van der Waals surface area contributed by atoms with Crippen LogP contribution in [-0.2, 0) is 14.8 Å². The van der Waals surface area contributed by atoms with Crippen molar-refractivity contribution in [2.75, 3.05) is 19.3 Å². The Bertz CT molecular complexity index is 1100. The highest BCUT2D eigenvalue weighted by atomic mass is 32.2. The van der Waals surface area contributed by atoms with E-state index in [1.54, 1.807) is 12.1 Å². The number of carbonyl (C=O) groups excluding carboxylic acids is 1. The Labute approximate surface area is 187 Å². The number of sulfonamides is 1. The number of amides is 1. The molecule has 8 heteroatoms. The lowest BCUT2D eigenvalue weighted by Gasteiger charge is -2.21. The molecule has 0 aromatic heterocycles. The van der Waals surface area contributed by atoms with Crippen LogP contribution in [0.2, 0.25) is 0 Å². The van der Waals surface area contributed by atoms with E-state index in [1.807, 2.05) is 24.0 Å². The molecule has 2 aromatic rings. The van der Waals surface area contributed by atoms with Crippen LogP contribution < -0.4 is 4.72 Å². The minimum Gasteiger partial charge on any atom is -0.342 e. The predicted molar refractivity (Wildman–Crippen MR) is 119 cm³/mol. The highest BCUT2D eigenvalue weighted by molar-refractivity contribution is 7.88. The Morgan fingerprint density at radius 1 is 1.03 bits per heavy atom. The Morgan fingerprint density at radius 2 is 1.69 bits per heavy atom. The van der Waals surface area contributed by atoms with Gasteiger partial charge in [0.05, 0.1) is 11.8 Å². The third-order valence-electron chi connectivity index (χ3n) is 6.63. The highest BCUT2D eigenvalue weighted by Gasteiger charge is 2.47. The normalized spacial score (nSPS) is 25.9. The van der Waals surface area contributed by atoms with E-state index in [2.05, 4.69) is 4.72 Å². The molecule has 32 heavy (non-hydrogen) atoms. The summed E-state index contributed by atoms with van der Waals surface area (Å²) in [6.45, 7) is 3.06. The van der Waals surface area contributed by atoms with E-state index >= 15 is 0 Å². The molecule has 0 radical (unpaired) electrons. The first kappa shape index (κ1) is 22.9. The Kier molecular flexibility index (Phi) is 6.36. The van der Waals surface area contributed by atoms with Crippen molar-refractivity contribution in [3.63, 3.8) is 0 Å². The van der Waals surface area contributed by atoms with Crippen molar-refractivity contribution >= 4 is 15.9 Å². The van der Waals surface area contributed by atoms with E-state index in [0.717, 1.165) is 11.8 Å². The van der Waals surface area contributed by atoms with Crippen LogP contribution in [0.3, 0.4) is 0 Å². The topological polar surface area (TPSA) is 66.5 Å². The van der Waals surface area contributed by atoms with Crippen LogP contribution in [0, 0.1) is 23.5 Å². The SMILES string of the molecule is C[C@@H]1CCN(C(=O)[C@@H]2C[C@H]2c2ccccc2-c2c(F)cccc2F)CC[C@@H]1NS(C)(=O)=O. The summed E-state index contributed by atoms with van der Waals surface area (Å²) in [5, 5.41) is 0. The van der Waals surface area contributed by atoms with Crippen LogP contribution in [-0.4, -0.2) is 44.6 Å². The second kappa shape index (κ2) is 8.90. The van der Waals surface area contributed by atoms with Gasteiger partial charge in [0.25, 0.3) is 0 Å². The summed E-state index contributed by atoms with van der Waals surface area (Å²) < 4.78 is 54.8. The number of rotatable bonds is 5. The van der Waals surface area contributed by atoms with Gasteiger partial charge in [0.2, 0.25) is 15.9 Å². The molecular formula is C24H28F2N2O3S. The third kappa shape index (κ3) is 4.86. The summed E-state index contributed by atoms with van der Waals surface area (Å²) in [6, 6.07) is 10.7. The van der Waals surface area contributed by atoms with Crippen LogP contribution in [0.5, 0.6) is 0 Å². The van der Waals surface area contributed by atoms with Gasteiger partial charge in [-0.3, -0.25) is 4.79 Å². The van der Waals surface area contributed by atoms with Crippen molar-refractivity contribution in [1.82, 2.24) is 9.62 Å². The molecule has 2 fully saturated rings. The molecule has 5 nitrogen and oxygen atoms in total. The number of hydrogen-bond acceptors (Lipinski definition) is 3. The van der Waals surface area contributed by atoms with Crippen LogP contribution in [0.1, 0.15) is 37.7 Å². The number of hydrogen-bond donors (Lipinski definition) is 1. The summed E-state index contributed by atoms with van der Waals surface area (Å²) in [6.07, 6.45) is 3.07. The first-order valence-corrected chi connectivity index (χ1v) is 12.8. The number of carbonyl (C=O) groups is 1. The van der Waals surface area contributed by atoms with Crippen molar-refractivity contribution in [2.45, 2.75) is 38.1 Å². The molecule has 1 heterocycles. The number of benzene rings is 2. The number of halogens is 2. The quantitative estimate of drug-likeness (QED) is 0.733. The van der Waals surface area contributed by atoms with E-state index in [4.69, 9.17) is 0 Å². The van der Waals surface area contributed by atoms with Gasteiger partial charge in [-0.1, -0.05) is 37.3 Å². The zero-order chi connectivity index (χ0) is 23.0. The highest BCUT2D eigenvalue weighted by Crippen LogP contribution is 2.51. The molecule has 0 spiro atoms. The lowest BCUT2D eigenvalue weighted by molar-refractivity contribution is -0.132. The van der Waals surface area contributed by atoms with Crippen molar-refractivity contribution in [2.24, 2.45) is 11.8 Å². The van der Waals surface area contributed by atoms with Crippen molar-refractivity contribution in [1.29, 1.82) is 0 Å². The summed E-state index contributed by atoms with van der Waals surface area (Å²) in [7, 11) is -3.31. The average molecular weight is 463 g/mol. The molecular weight excluding hydrogens is 434 g/mol. The van der Waals surface area contributed by atoms with Gasteiger partial charge in [0.1, 0.15) is 11.6 Å². The Morgan fingerprint density at radius 3 is 2.38 bits per heavy atom. The van der Waals surface area contributed by atoms with Crippen molar-refractivity contribution in [3.8, 4) is 11.1 Å². The molecule has 0 bridgehead atoms. The number of nitrogens with one attached hydrogen (secondary N) is 1. The minimum atomic E-state index is -3.31. The molecule has 2 aliphatic rings. The minimum absolute atomic E-state index is 0.0333. The fourth-order valence-electron chi connectivity index (χ4n) is 4.77. The summed E-state index contributed by atoms with van der Waals surface area (Å²) in [4.78, 5) is 15.0. The van der Waals surface area contributed by atoms with Crippen LogP contribution in [0.4, 0.5) is 8.78 Å². The van der Waals surface area contributed by atoms with Gasteiger partial charge in [0.15, 0.2) is 0 Å². The molecule has 1 saturated heterocycles. The number of likely N-dealkylation sites (tertiary alicyclic amines) is 1. The molecule has 1 saturated carbocycles. The Hall–Kier alpha value is -2.32. The van der Waals surface area contributed by atoms with Gasteiger partial charge in [-0.15, -0.1) is 0 Å². The molecule has 1 aliphatic heterocycles. The van der Waals surface area contributed by atoms with Gasteiger partial charge in [-0.25, -0.2) is 21.9 Å². The maximum Gasteiger partial charge on any atom is 0.226 e. The van der Waals surface area contributed by atoms with Crippen LogP contribution in [0.15, 0.2) is 42.5 Å². The molecule has 1 aliphatic carbocycles. The fourth-order valence-corrected chi connectivity index (χ4v) is 5.67. The molecule has 1 amide bonds. The second-order valence-electron chi connectivity index (χ2n) is 9.01. The van der Waals surface area contributed by atoms with E-state index in [0.29, 0.717) is 37.9 Å². The van der Waals surface area contributed by atoms with E-state index in [9.17, 15) is 22.0 Å². The molecule has 2 aromatic carbocycles. The summed E-state index contributed by atoms with van der Waals surface area (Å²) >= 11 is 0. The monoisotopic (exact) mass is 462 g/mol. The van der Waals surface area contributed by atoms with Gasteiger partial charge in [-0.2, -0.15) is 0 Å². The van der Waals surface area contributed by atoms with E-state index in [1.165, 1.54) is 18.2 Å². The first-order valence-electron chi connectivity index (χ1n) is 10.9. The zero-order valence-electron chi connectivity index (χ0n) is 18.2. The maximum absolute atomic E-state index is 14.4. The zero-order valence-corrected chi connectivity index (χ0v) is 19.0. The van der Waals surface area contributed by atoms with Gasteiger partial charge in [0, 0.05) is 25.0 Å². The van der Waals surface area contributed by atoms with Crippen molar-refractivity contribution in [3.05, 3.63) is 59.7 Å². The predicted octanol–water partition coefficient (Wildman–Crippen LogP) is 3.91. The smallest absolute Gasteiger partial charge is 0.226 e. The van der Waals surface area contributed by atoms with E-state index in [-0.39, 0.29) is 35.3 Å². The van der Waals surface area contributed by atoms with Crippen molar-refractivity contribution < 1.29 is 22.0 Å². The second-order valence-corrected chi connectivity index (χ2v) is 10.8.